The molecule has 6 fully saturated rings. The predicted octanol–water partition coefficient (Wildman–Crippen LogP) is 9.94. The summed E-state index contributed by atoms with van der Waals surface area (Å²) in [6.07, 6.45) is 11.8. The van der Waals surface area contributed by atoms with Crippen LogP contribution in [-0.4, -0.2) is 51.8 Å². The van der Waals surface area contributed by atoms with E-state index in [0.29, 0.717) is 49.5 Å². The van der Waals surface area contributed by atoms with E-state index in [2.05, 4.69) is 59.1 Å². The van der Waals surface area contributed by atoms with E-state index in [-0.39, 0.29) is 63.2 Å². The third kappa shape index (κ3) is 6.52. The monoisotopic (exact) mass is 839 g/mol. The van der Waals surface area contributed by atoms with Gasteiger partial charge < -0.3 is 20.5 Å². The maximum absolute atomic E-state index is 15.0. The molecule has 0 bridgehead atoms. The van der Waals surface area contributed by atoms with Crippen molar-refractivity contribution in [3.63, 3.8) is 0 Å². The van der Waals surface area contributed by atoms with Crippen molar-refractivity contribution < 1.29 is 33.8 Å². The second kappa shape index (κ2) is 14.8. The largest absolute Gasteiger partial charge is 0.481 e. The molecule has 7 aliphatic rings. The first-order chi connectivity index (χ1) is 28.5. The Morgan fingerprint density at radius 2 is 1.41 bits per heavy atom. The van der Waals surface area contributed by atoms with Gasteiger partial charge in [0.2, 0.25) is 5.91 Å². The van der Waals surface area contributed by atoms with Crippen LogP contribution in [0.5, 0.6) is 0 Å². The zero-order valence-corrected chi connectivity index (χ0v) is 38.9. The van der Waals surface area contributed by atoms with Crippen molar-refractivity contribution in [1.82, 2.24) is 10.6 Å². The highest BCUT2D eigenvalue weighted by atomic mass is 16.5. The van der Waals surface area contributed by atoms with Crippen LogP contribution in [0.2, 0.25) is 0 Å². The van der Waals surface area contributed by atoms with E-state index < -0.39 is 34.3 Å². The van der Waals surface area contributed by atoms with Crippen LogP contribution in [0.1, 0.15) is 175 Å². The number of fused-ring (bicyclic) bond motifs is 7. The van der Waals surface area contributed by atoms with E-state index in [4.69, 9.17) is 4.74 Å². The predicted molar refractivity (Wildman–Crippen MR) is 235 cm³/mol. The first-order valence-corrected chi connectivity index (χ1v) is 23.9. The van der Waals surface area contributed by atoms with Gasteiger partial charge in [0.1, 0.15) is 11.6 Å². The molecular weight excluding hydrogens is 765 g/mol. The summed E-state index contributed by atoms with van der Waals surface area (Å²) in [4.78, 5) is 68.7. The lowest BCUT2D eigenvalue weighted by molar-refractivity contribution is -0.235. The van der Waals surface area contributed by atoms with Gasteiger partial charge in [0.15, 0.2) is 5.78 Å². The van der Waals surface area contributed by atoms with Crippen molar-refractivity contribution in [3.8, 4) is 0 Å². The highest BCUT2D eigenvalue weighted by Gasteiger charge is 2.71. The Hall–Kier alpha value is -3.49. The fourth-order valence-electron chi connectivity index (χ4n) is 15.8. The van der Waals surface area contributed by atoms with Gasteiger partial charge in [-0.15, -0.1) is 0 Å². The van der Waals surface area contributed by atoms with E-state index in [1.54, 1.807) is 0 Å². The molecule has 0 aromatic heterocycles. The van der Waals surface area contributed by atoms with Crippen molar-refractivity contribution >= 4 is 29.5 Å². The smallest absolute Gasteiger partial charge is 0.309 e. The molecule has 0 saturated heterocycles. The Morgan fingerprint density at radius 3 is 2.03 bits per heavy atom. The van der Waals surface area contributed by atoms with Crippen LogP contribution >= 0.6 is 0 Å². The molecule has 7 aliphatic carbocycles. The van der Waals surface area contributed by atoms with E-state index in [1.807, 2.05) is 45.0 Å². The van der Waals surface area contributed by atoms with Crippen molar-refractivity contribution in [1.29, 1.82) is 0 Å². The number of rotatable bonds is 8. The summed E-state index contributed by atoms with van der Waals surface area (Å²) < 4.78 is 6.44. The molecule has 8 rings (SSSR count). The minimum atomic E-state index is -1.03. The van der Waals surface area contributed by atoms with E-state index >= 15 is 4.79 Å². The Kier molecular flexibility index (Phi) is 10.7. The normalized spacial score (nSPS) is 39.4. The number of ketones is 1. The van der Waals surface area contributed by atoms with Gasteiger partial charge in [-0.3, -0.25) is 24.0 Å². The van der Waals surface area contributed by atoms with Crippen LogP contribution < -0.4 is 10.6 Å². The summed E-state index contributed by atoms with van der Waals surface area (Å²) in [5, 5.41) is 16.6. The highest BCUT2D eigenvalue weighted by Crippen LogP contribution is 2.76. The lowest BCUT2D eigenvalue weighted by atomic mass is 9.33. The fourth-order valence-corrected chi connectivity index (χ4v) is 15.8. The van der Waals surface area contributed by atoms with Gasteiger partial charge in [0.05, 0.1) is 17.4 Å². The molecule has 10 atom stereocenters. The first kappa shape index (κ1) is 44.1. The molecule has 0 unspecified atom stereocenters. The van der Waals surface area contributed by atoms with Crippen LogP contribution in [0.25, 0.3) is 0 Å². The molecule has 334 valence electrons. The molecule has 0 radical (unpaired) electrons. The molecule has 3 N–H and O–H groups in total. The molecular formula is C52H74N2O7. The molecule has 6 saturated carbocycles. The summed E-state index contributed by atoms with van der Waals surface area (Å²) in [6, 6.07) is 7.51. The number of ether oxygens (including phenoxy) is 1. The lowest BCUT2D eigenvalue weighted by Crippen LogP contribution is -2.69. The van der Waals surface area contributed by atoms with Gasteiger partial charge in [0, 0.05) is 17.4 Å². The van der Waals surface area contributed by atoms with Crippen molar-refractivity contribution in [2.75, 3.05) is 0 Å². The minimum Gasteiger partial charge on any atom is -0.481 e. The van der Waals surface area contributed by atoms with Gasteiger partial charge >= 0.3 is 11.9 Å². The maximum Gasteiger partial charge on any atom is 0.309 e. The molecule has 0 aliphatic heterocycles. The number of esters is 1. The summed E-state index contributed by atoms with van der Waals surface area (Å²) in [7, 11) is 0. The molecule has 61 heavy (non-hydrogen) atoms. The van der Waals surface area contributed by atoms with Gasteiger partial charge in [0.25, 0.3) is 5.91 Å². The Balaban J connectivity index is 1.06. The number of carboxylic acid groups (broad SMARTS) is 1. The summed E-state index contributed by atoms with van der Waals surface area (Å²) in [5.74, 6) is -1.21. The number of carbonyl (C=O) groups excluding carboxylic acids is 4. The van der Waals surface area contributed by atoms with Gasteiger partial charge in [-0.1, -0.05) is 99.3 Å². The van der Waals surface area contributed by atoms with Gasteiger partial charge in [-0.25, -0.2) is 0 Å². The average Bonchev–Trinajstić information content (AvgIpc) is 3.47. The van der Waals surface area contributed by atoms with Crippen LogP contribution in [0.15, 0.2) is 35.4 Å². The maximum atomic E-state index is 15.0. The molecule has 1 aromatic carbocycles. The number of carboxylic acids is 1. The van der Waals surface area contributed by atoms with E-state index in [9.17, 15) is 24.3 Å². The second-order valence-corrected chi connectivity index (χ2v) is 23.5. The second-order valence-electron chi connectivity index (χ2n) is 23.5. The number of Topliss-reactive ketones (excluding diaryl/α,β-unsaturated/α-hetero) is 1. The van der Waals surface area contributed by atoms with E-state index in [0.717, 1.165) is 75.3 Å². The highest BCUT2D eigenvalue weighted by molar-refractivity contribution is 6.04. The fraction of sp³-hybridized carbons (Fsp3) is 0.750. The van der Waals surface area contributed by atoms with Crippen LogP contribution in [0.4, 0.5) is 0 Å². The van der Waals surface area contributed by atoms with Crippen LogP contribution in [0, 0.1) is 69.5 Å². The number of aliphatic carboxylic acids is 1. The third-order valence-corrected chi connectivity index (χ3v) is 19.6. The molecule has 9 nitrogen and oxygen atoms in total. The van der Waals surface area contributed by atoms with Crippen molar-refractivity contribution in [2.45, 2.75) is 183 Å². The number of nitrogens with one attached hydrogen (secondary N) is 2. The number of aryl methyl sites for hydroxylation is 1. The number of hydrogen-bond acceptors (Lipinski definition) is 6. The van der Waals surface area contributed by atoms with Crippen LogP contribution in [-0.2, 0) is 23.9 Å². The lowest BCUT2D eigenvalue weighted by Gasteiger charge is -2.72. The minimum absolute atomic E-state index is 0.00788. The zero-order valence-electron chi connectivity index (χ0n) is 38.9. The molecule has 9 heteroatoms. The average molecular weight is 839 g/mol. The van der Waals surface area contributed by atoms with E-state index in [1.165, 1.54) is 5.57 Å². The number of allylic oxidation sites excluding steroid dienone is 1. The van der Waals surface area contributed by atoms with Crippen molar-refractivity contribution in [3.05, 3.63) is 46.5 Å². The number of hydrogen-bond donors (Lipinski definition) is 3. The molecule has 1 aromatic rings. The van der Waals surface area contributed by atoms with Gasteiger partial charge in [-0.2, -0.15) is 0 Å². The molecule has 0 spiro atoms. The standard InChI is InChI=1S/C52H74N2O7/c1-30(2)40-36(55)29-52(54-45(60)51(22-12-11-13-23-51)53-42(56)32-16-14-31(3)15-17-32)27-26-49(9)33(41(40)52)18-19-38-48(8)24-21-39(47(6,7)37(48)20-25-50(38,49)10)61-44(59)35-28-34(43(57)58)46(35,4)5/h14-17,30,33-35,37-39H,11-13,18-29H2,1-10H3,(H,53,56)(H,54,60)(H,57,58)/t33-,34+,35-,37+,38-,39+,48+,49-,50-,52-/m1/s1. The molecule has 0 heterocycles. The molecule has 2 amide bonds. The Bertz CT molecular complexity index is 2020. The summed E-state index contributed by atoms with van der Waals surface area (Å²) >= 11 is 0. The Labute approximate surface area is 364 Å². The number of benzene rings is 1. The topological polar surface area (TPSA) is 139 Å². The SMILES string of the molecule is Cc1ccc(C(=O)NC2(C(=O)N[C@@]34CC[C@]5(C)[C@H](CC[C@@H]6[C@@]7(C)CC[C@H](OC(=O)[C@H]8C[C@@H](C(=O)O)C8(C)C)C(C)(C)[C@@H]7CC[C@]65C)C3=C(C(C)C)C(=O)C4)CCCCC2)cc1. The summed E-state index contributed by atoms with van der Waals surface area (Å²) in [5.41, 5.74) is 1.01. The number of amides is 2. The van der Waals surface area contributed by atoms with Gasteiger partial charge in [-0.05, 0) is 146 Å². The Morgan fingerprint density at radius 1 is 0.738 bits per heavy atom. The van der Waals surface area contributed by atoms with Crippen molar-refractivity contribution in [2.24, 2.45) is 62.6 Å². The summed E-state index contributed by atoms with van der Waals surface area (Å²) in [6.45, 7) is 22.2. The third-order valence-electron chi connectivity index (χ3n) is 19.6. The number of carbonyl (C=O) groups is 5. The quantitative estimate of drug-likeness (QED) is 0.222. The first-order valence-electron chi connectivity index (χ1n) is 23.9. The zero-order chi connectivity index (χ0) is 44.3. The van der Waals surface area contributed by atoms with Crippen LogP contribution in [0.3, 0.4) is 0 Å².